The van der Waals surface area contributed by atoms with Gasteiger partial charge in [0.05, 0.1) is 0 Å². The second kappa shape index (κ2) is 6.06. The Labute approximate surface area is 117 Å². The summed E-state index contributed by atoms with van der Waals surface area (Å²) in [5.41, 5.74) is 2.91. The fourth-order valence-electron chi connectivity index (χ4n) is 3.78. The van der Waals surface area contributed by atoms with Crippen LogP contribution in [-0.2, 0) is 0 Å². The van der Waals surface area contributed by atoms with Crippen molar-refractivity contribution < 1.29 is 0 Å². The van der Waals surface area contributed by atoms with E-state index in [2.05, 4.69) is 41.4 Å². The molecule has 1 heterocycles. The average Bonchev–Trinajstić information content (AvgIpc) is 2.96. The molecular formula is C17H26N2. The Morgan fingerprint density at radius 1 is 1.05 bits per heavy atom. The van der Waals surface area contributed by atoms with Gasteiger partial charge in [-0.15, -0.1) is 0 Å². The molecule has 0 bridgehead atoms. The van der Waals surface area contributed by atoms with Crippen molar-refractivity contribution in [3.63, 3.8) is 0 Å². The van der Waals surface area contributed by atoms with E-state index >= 15 is 0 Å². The van der Waals surface area contributed by atoms with Gasteiger partial charge < -0.3 is 5.32 Å². The van der Waals surface area contributed by atoms with Gasteiger partial charge in [-0.1, -0.05) is 42.7 Å². The molecule has 2 fully saturated rings. The topological polar surface area (TPSA) is 15.3 Å². The number of nitrogens with one attached hydrogen (secondary N) is 1. The summed E-state index contributed by atoms with van der Waals surface area (Å²) in [6.07, 6.45) is 5.70. The minimum Gasteiger partial charge on any atom is -0.314 e. The van der Waals surface area contributed by atoms with E-state index in [4.69, 9.17) is 0 Å². The van der Waals surface area contributed by atoms with Gasteiger partial charge in [0.1, 0.15) is 0 Å². The van der Waals surface area contributed by atoms with E-state index in [0.717, 1.165) is 19.0 Å². The minimum absolute atomic E-state index is 0.658. The van der Waals surface area contributed by atoms with Crippen LogP contribution >= 0.6 is 0 Å². The molecule has 1 atom stereocenters. The van der Waals surface area contributed by atoms with Crippen LogP contribution in [0.5, 0.6) is 0 Å². The Hall–Kier alpha value is -0.860. The lowest BCUT2D eigenvalue weighted by molar-refractivity contribution is 0.125. The summed E-state index contributed by atoms with van der Waals surface area (Å²) in [6, 6.07) is 9.94. The molecule has 0 unspecified atom stereocenters. The highest BCUT2D eigenvalue weighted by Crippen LogP contribution is 2.39. The molecule has 1 aliphatic carbocycles. The molecule has 0 aromatic heterocycles. The van der Waals surface area contributed by atoms with Gasteiger partial charge in [-0.25, -0.2) is 0 Å². The van der Waals surface area contributed by atoms with Crippen molar-refractivity contribution in [2.75, 3.05) is 26.2 Å². The standard InChI is InChI=1S/C17H26N2/c1-14-6-8-16(9-7-14)17(15-4-2-3-5-15)19-12-10-18-11-13-19/h6-9,15,17-18H,2-5,10-13H2,1H3/t17-/m0/s1. The summed E-state index contributed by atoms with van der Waals surface area (Å²) in [7, 11) is 0. The zero-order valence-corrected chi connectivity index (χ0v) is 12.1. The molecule has 0 radical (unpaired) electrons. The summed E-state index contributed by atoms with van der Waals surface area (Å²) in [5, 5.41) is 3.48. The third kappa shape index (κ3) is 3.01. The van der Waals surface area contributed by atoms with E-state index in [1.807, 2.05) is 0 Å². The van der Waals surface area contributed by atoms with Gasteiger partial charge in [0, 0.05) is 32.2 Å². The SMILES string of the molecule is Cc1ccc([C@H](C2CCCC2)N2CCNCC2)cc1. The molecule has 2 heteroatoms. The summed E-state index contributed by atoms with van der Waals surface area (Å²) >= 11 is 0. The Balaban J connectivity index is 1.83. The second-order valence-electron chi connectivity index (χ2n) is 6.19. The normalized spacial score (nSPS) is 23.6. The van der Waals surface area contributed by atoms with E-state index in [1.165, 1.54) is 44.3 Å². The predicted octanol–water partition coefficient (Wildman–Crippen LogP) is 3.13. The van der Waals surface area contributed by atoms with Crippen LogP contribution in [0.4, 0.5) is 0 Å². The Bertz CT molecular complexity index is 386. The molecule has 1 saturated heterocycles. The van der Waals surface area contributed by atoms with Crippen LogP contribution in [0.3, 0.4) is 0 Å². The molecule has 3 rings (SSSR count). The van der Waals surface area contributed by atoms with E-state index in [1.54, 1.807) is 5.56 Å². The van der Waals surface area contributed by atoms with Gasteiger partial charge in [-0.3, -0.25) is 4.90 Å². The smallest absolute Gasteiger partial charge is 0.0377 e. The Morgan fingerprint density at radius 3 is 2.32 bits per heavy atom. The molecule has 1 aliphatic heterocycles. The molecule has 19 heavy (non-hydrogen) atoms. The quantitative estimate of drug-likeness (QED) is 0.896. The van der Waals surface area contributed by atoms with Gasteiger partial charge in [0.15, 0.2) is 0 Å². The minimum atomic E-state index is 0.658. The molecule has 0 amide bonds. The first-order valence-corrected chi connectivity index (χ1v) is 7.86. The van der Waals surface area contributed by atoms with Crippen molar-refractivity contribution in [1.82, 2.24) is 10.2 Å². The lowest BCUT2D eigenvalue weighted by atomic mass is 9.89. The van der Waals surface area contributed by atoms with Crippen molar-refractivity contribution >= 4 is 0 Å². The number of benzene rings is 1. The first-order chi connectivity index (χ1) is 9.34. The van der Waals surface area contributed by atoms with Crippen molar-refractivity contribution in [3.05, 3.63) is 35.4 Å². The predicted molar refractivity (Wildman–Crippen MR) is 80.3 cm³/mol. The van der Waals surface area contributed by atoms with Crippen molar-refractivity contribution in [1.29, 1.82) is 0 Å². The third-order valence-electron chi connectivity index (χ3n) is 4.81. The number of piperazine rings is 1. The number of aryl methyl sites for hydroxylation is 1. The summed E-state index contributed by atoms with van der Waals surface area (Å²) in [6.45, 7) is 6.88. The molecule has 1 N–H and O–H groups in total. The lowest BCUT2D eigenvalue weighted by Gasteiger charge is -2.38. The van der Waals surface area contributed by atoms with Crippen LogP contribution in [0.1, 0.15) is 42.9 Å². The third-order valence-corrected chi connectivity index (χ3v) is 4.81. The number of hydrogen-bond acceptors (Lipinski definition) is 2. The zero-order chi connectivity index (χ0) is 13.1. The van der Waals surface area contributed by atoms with Crippen molar-refractivity contribution in [2.45, 2.75) is 38.6 Å². The number of hydrogen-bond donors (Lipinski definition) is 1. The molecule has 1 aromatic carbocycles. The van der Waals surface area contributed by atoms with Crippen LogP contribution in [0.15, 0.2) is 24.3 Å². The molecule has 2 nitrogen and oxygen atoms in total. The largest absolute Gasteiger partial charge is 0.314 e. The first kappa shape index (κ1) is 13.1. The van der Waals surface area contributed by atoms with Crippen molar-refractivity contribution in [2.24, 2.45) is 5.92 Å². The van der Waals surface area contributed by atoms with Gasteiger partial charge >= 0.3 is 0 Å². The average molecular weight is 258 g/mol. The van der Waals surface area contributed by atoms with Crippen LogP contribution in [0.25, 0.3) is 0 Å². The van der Waals surface area contributed by atoms with Gasteiger partial charge in [0.2, 0.25) is 0 Å². The Kier molecular flexibility index (Phi) is 4.19. The molecule has 1 saturated carbocycles. The molecular weight excluding hydrogens is 232 g/mol. The second-order valence-corrected chi connectivity index (χ2v) is 6.19. The first-order valence-electron chi connectivity index (χ1n) is 7.86. The van der Waals surface area contributed by atoms with Crippen molar-refractivity contribution in [3.8, 4) is 0 Å². The van der Waals surface area contributed by atoms with Gasteiger partial charge in [0.25, 0.3) is 0 Å². The number of rotatable bonds is 3. The molecule has 1 aromatic rings. The van der Waals surface area contributed by atoms with Gasteiger partial charge in [-0.2, -0.15) is 0 Å². The number of nitrogens with zero attached hydrogens (tertiary/aromatic N) is 1. The highest BCUT2D eigenvalue weighted by molar-refractivity contribution is 5.25. The fraction of sp³-hybridized carbons (Fsp3) is 0.647. The lowest BCUT2D eigenvalue weighted by Crippen LogP contribution is -2.46. The molecule has 2 aliphatic rings. The Morgan fingerprint density at radius 2 is 1.68 bits per heavy atom. The molecule has 104 valence electrons. The summed E-state index contributed by atoms with van der Waals surface area (Å²) < 4.78 is 0. The summed E-state index contributed by atoms with van der Waals surface area (Å²) in [4.78, 5) is 2.72. The van der Waals surface area contributed by atoms with Gasteiger partial charge in [-0.05, 0) is 31.2 Å². The monoisotopic (exact) mass is 258 g/mol. The molecule has 0 spiro atoms. The van der Waals surface area contributed by atoms with E-state index < -0.39 is 0 Å². The fourth-order valence-corrected chi connectivity index (χ4v) is 3.78. The highest BCUT2D eigenvalue weighted by Gasteiger charge is 2.31. The maximum atomic E-state index is 3.48. The van der Waals surface area contributed by atoms with Crippen LogP contribution in [0.2, 0.25) is 0 Å². The van der Waals surface area contributed by atoms with E-state index in [9.17, 15) is 0 Å². The van der Waals surface area contributed by atoms with E-state index in [-0.39, 0.29) is 0 Å². The highest BCUT2D eigenvalue weighted by atomic mass is 15.2. The maximum absolute atomic E-state index is 3.48. The van der Waals surface area contributed by atoms with Crippen LogP contribution in [-0.4, -0.2) is 31.1 Å². The van der Waals surface area contributed by atoms with Crippen LogP contribution < -0.4 is 5.32 Å². The maximum Gasteiger partial charge on any atom is 0.0377 e. The summed E-state index contributed by atoms with van der Waals surface area (Å²) in [5.74, 6) is 0.876. The van der Waals surface area contributed by atoms with Crippen LogP contribution in [0, 0.1) is 12.8 Å². The zero-order valence-electron chi connectivity index (χ0n) is 12.1. The van der Waals surface area contributed by atoms with E-state index in [0.29, 0.717) is 6.04 Å².